The third kappa shape index (κ3) is 2.66. The van der Waals surface area contributed by atoms with Crippen molar-refractivity contribution < 1.29 is 4.57 Å². The Hall–Kier alpha value is -2.09. The van der Waals surface area contributed by atoms with Gasteiger partial charge in [-0.2, -0.15) is 0 Å². The molecule has 0 unspecified atom stereocenters. The molecule has 0 saturated heterocycles. The van der Waals surface area contributed by atoms with E-state index in [0.717, 1.165) is 36.7 Å². The molecule has 122 valence electrons. The molecule has 0 fully saturated rings. The number of imidazole rings is 1. The van der Waals surface area contributed by atoms with Crippen molar-refractivity contribution in [2.75, 3.05) is 31.5 Å². The minimum atomic E-state index is -0.339. The summed E-state index contributed by atoms with van der Waals surface area (Å²) in [6, 6.07) is 0. The SMILES string of the molecule is CCN(CC)CCNc1[nH]c2c(c(=O)n(C)c(=O)n2C)[n+]1C. The van der Waals surface area contributed by atoms with Crippen molar-refractivity contribution in [3.63, 3.8) is 0 Å². The highest BCUT2D eigenvalue weighted by atomic mass is 16.2. The van der Waals surface area contributed by atoms with Gasteiger partial charge < -0.3 is 4.90 Å². The molecule has 2 aromatic rings. The lowest BCUT2D eigenvalue weighted by Crippen LogP contribution is -2.43. The first-order valence-corrected chi connectivity index (χ1v) is 7.56. The fourth-order valence-electron chi connectivity index (χ4n) is 2.61. The maximum Gasteiger partial charge on any atom is 0.357 e. The summed E-state index contributed by atoms with van der Waals surface area (Å²) in [6.07, 6.45) is 0. The van der Waals surface area contributed by atoms with E-state index in [4.69, 9.17) is 0 Å². The molecule has 0 radical (unpaired) electrons. The van der Waals surface area contributed by atoms with E-state index >= 15 is 0 Å². The average Bonchev–Trinajstić information content (AvgIpc) is 2.84. The summed E-state index contributed by atoms with van der Waals surface area (Å²) in [5.74, 6) is 0.723. The Morgan fingerprint density at radius 2 is 1.82 bits per heavy atom. The minimum Gasteiger partial charge on any atom is -0.301 e. The summed E-state index contributed by atoms with van der Waals surface area (Å²) in [7, 11) is 4.95. The van der Waals surface area contributed by atoms with Crippen molar-refractivity contribution in [2.24, 2.45) is 21.1 Å². The Kier molecular flexibility index (Phi) is 4.70. The van der Waals surface area contributed by atoms with E-state index in [0.29, 0.717) is 11.2 Å². The highest BCUT2D eigenvalue weighted by molar-refractivity contribution is 5.67. The van der Waals surface area contributed by atoms with E-state index in [1.165, 1.54) is 11.6 Å². The number of fused-ring (bicyclic) bond motifs is 1. The maximum atomic E-state index is 12.3. The Balaban J connectivity index is 2.36. The maximum absolute atomic E-state index is 12.3. The van der Waals surface area contributed by atoms with Gasteiger partial charge in [-0.25, -0.2) is 14.3 Å². The Bertz CT molecular complexity index is 781. The van der Waals surface area contributed by atoms with E-state index < -0.39 is 0 Å². The van der Waals surface area contributed by atoms with Crippen molar-refractivity contribution in [2.45, 2.75) is 13.8 Å². The van der Waals surface area contributed by atoms with Gasteiger partial charge in [0.2, 0.25) is 11.2 Å². The molecule has 0 saturated carbocycles. The van der Waals surface area contributed by atoms with Gasteiger partial charge in [-0.15, -0.1) is 0 Å². The van der Waals surface area contributed by atoms with Gasteiger partial charge >= 0.3 is 11.6 Å². The van der Waals surface area contributed by atoms with Gasteiger partial charge in [-0.3, -0.25) is 19.2 Å². The van der Waals surface area contributed by atoms with Crippen LogP contribution in [-0.4, -0.2) is 45.2 Å². The molecule has 0 aliphatic carbocycles. The number of aromatic amines is 1. The summed E-state index contributed by atoms with van der Waals surface area (Å²) in [5.41, 5.74) is 0.374. The van der Waals surface area contributed by atoms with Crippen LogP contribution < -0.4 is 21.1 Å². The first kappa shape index (κ1) is 16.3. The van der Waals surface area contributed by atoms with Crippen LogP contribution in [0.5, 0.6) is 0 Å². The van der Waals surface area contributed by atoms with Gasteiger partial charge in [0.05, 0.1) is 13.6 Å². The molecule has 0 aliphatic rings. The first-order valence-electron chi connectivity index (χ1n) is 7.56. The standard InChI is InChI=1S/C14H24N6O2/c1-6-20(7-2)9-8-15-13-16-11-10(17(13)3)12(21)19(5)14(22)18(11)4/h6-9H2,1-5H3,(H,15,16,21)/p+1. The number of rotatable bonds is 6. The number of hydrogen-bond donors (Lipinski definition) is 2. The Morgan fingerprint density at radius 3 is 2.41 bits per heavy atom. The summed E-state index contributed by atoms with van der Waals surface area (Å²) in [4.78, 5) is 29.7. The van der Waals surface area contributed by atoms with Gasteiger partial charge in [-0.1, -0.05) is 13.8 Å². The number of nitrogens with zero attached hydrogens (tertiary/aromatic N) is 4. The van der Waals surface area contributed by atoms with E-state index in [-0.39, 0.29) is 11.2 Å². The fraction of sp³-hybridized carbons (Fsp3) is 0.643. The largest absolute Gasteiger partial charge is 0.357 e. The van der Waals surface area contributed by atoms with Crippen LogP contribution in [0.15, 0.2) is 9.59 Å². The molecule has 0 spiro atoms. The normalized spacial score (nSPS) is 11.5. The van der Waals surface area contributed by atoms with Crippen molar-refractivity contribution in [3.8, 4) is 0 Å². The van der Waals surface area contributed by atoms with Crippen LogP contribution in [0.2, 0.25) is 0 Å². The molecular weight excluding hydrogens is 284 g/mol. The van der Waals surface area contributed by atoms with E-state index in [1.807, 2.05) is 7.05 Å². The Labute approximate surface area is 129 Å². The number of H-pyrrole nitrogens is 1. The zero-order valence-electron chi connectivity index (χ0n) is 13.9. The molecule has 0 aromatic carbocycles. The second-order valence-electron chi connectivity index (χ2n) is 5.39. The van der Waals surface area contributed by atoms with Gasteiger partial charge in [0.25, 0.3) is 5.56 Å². The van der Waals surface area contributed by atoms with Gasteiger partial charge in [-0.05, 0) is 13.1 Å². The smallest absolute Gasteiger partial charge is 0.301 e. The van der Waals surface area contributed by atoms with Crippen LogP contribution in [0.3, 0.4) is 0 Å². The van der Waals surface area contributed by atoms with E-state index in [1.54, 1.807) is 11.6 Å². The second-order valence-corrected chi connectivity index (χ2v) is 5.39. The lowest BCUT2D eigenvalue weighted by molar-refractivity contribution is -0.630. The summed E-state index contributed by atoms with van der Waals surface area (Å²) in [6.45, 7) is 7.95. The summed E-state index contributed by atoms with van der Waals surface area (Å²) in [5, 5.41) is 3.30. The van der Waals surface area contributed by atoms with Gasteiger partial charge in [0.1, 0.15) is 0 Å². The number of hydrogen-bond acceptors (Lipinski definition) is 4. The van der Waals surface area contributed by atoms with Crippen LogP contribution in [0.4, 0.5) is 5.95 Å². The topological polar surface area (TPSA) is 78.9 Å². The van der Waals surface area contributed by atoms with Crippen LogP contribution in [0.1, 0.15) is 13.8 Å². The number of nitrogens with one attached hydrogen (secondary N) is 2. The molecule has 8 nitrogen and oxygen atoms in total. The molecule has 2 N–H and O–H groups in total. The minimum absolute atomic E-state index is 0.298. The predicted octanol–water partition coefficient (Wildman–Crippen LogP) is -0.856. The molecule has 0 bridgehead atoms. The van der Waals surface area contributed by atoms with Crippen molar-refractivity contribution in [1.82, 2.24) is 19.0 Å². The van der Waals surface area contributed by atoms with E-state index in [9.17, 15) is 9.59 Å². The third-order valence-electron chi connectivity index (χ3n) is 4.16. The molecule has 2 rings (SSSR count). The third-order valence-corrected chi connectivity index (χ3v) is 4.16. The van der Waals surface area contributed by atoms with Gasteiger partial charge in [0.15, 0.2) is 0 Å². The molecule has 22 heavy (non-hydrogen) atoms. The second kappa shape index (κ2) is 6.35. The lowest BCUT2D eigenvalue weighted by Gasteiger charge is -2.16. The Morgan fingerprint density at radius 1 is 1.18 bits per heavy atom. The number of aryl methyl sites for hydroxylation is 2. The van der Waals surface area contributed by atoms with Crippen molar-refractivity contribution >= 4 is 17.1 Å². The van der Waals surface area contributed by atoms with Crippen LogP contribution in [0, 0.1) is 0 Å². The lowest BCUT2D eigenvalue weighted by atomic mass is 10.4. The molecule has 2 aromatic heterocycles. The van der Waals surface area contributed by atoms with Crippen molar-refractivity contribution in [3.05, 3.63) is 20.8 Å². The zero-order chi connectivity index (χ0) is 16.4. The average molecular weight is 309 g/mol. The monoisotopic (exact) mass is 309 g/mol. The summed E-state index contributed by atoms with van der Waals surface area (Å²) < 4.78 is 4.33. The zero-order valence-corrected chi connectivity index (χ0v) is 13.9. The number of anilines is 1. The molecule has 2 heterocycles. The number of aromatic nitrogens is 4. The highest BCUT2D eigenvalue weighted by Crippen LogP contribution is 2.05. The molecule has 8 heteroatoms. The molecule has 0 atom stereocenters. The van der Waals surface area contributed by atoms with Crippen LogP contribution in [0.25, 0.3) is 11.2 Å². The van der Waals surface area contributed by atoms with Crippen LogP contribution >= 0.6 is 0 Å². The first-order chi connectivity index (χ1) is 10.4. The van der Waals surface area contributed by atoms with E-state index in [2.05, 4.69) is 29.0 Å². The fourth-order valence-corrected chi connectivity index (χ4v) is 2.61. The molecule has 0 aliphatic heterocycles. The summed E-state index contributed by atoms with van der Waals surface area (Å²) >= 11 is 0. The van der Waals surface area contributed by atoms with Gasteiger partial charge in [0, 0.05) is 20.6 Å². The highest BCUT2D eigenvalue weighted by Gasteiger charge is 2.21. The quantitative estimate of drug-likeness (QED) is 0.681. The number of likely N-dealkylation sites (N-methyl/N-ethyl adjacent to an activating group) is 1. The molecular formula is C14H25N6O2+. The predicted molar refractivity (Wildman–Crippen MR) is 86.2 cm³/mol. The molecule has 0 amide bonds. The van der Waals surface area contributed by atoms with Crippen LogP contribution in [-0.2, 0) is 21.1 Å². The van der Waals surface area contributed by atoms with Crippen molar-refractivity contribution in [1.29, 1.82) is 0 Å².